The lowest BCUT2D eigenvalue weighted by Gasteiger charge is -2.29. The fraction of sp³-hybridized carbons (Fsp3) is 0.176. The minimum Gasteiger partial charge on any atom is -0.370 e. The van der Waals surface area contributed by atoms with Crippen LogP contribution in [0.15, 0.2) is 41.4 Å². The van der Waals surface area contributed by atoms with Gasteiger partial charge in [0.1, 0.15) is 0 Å². The average molecular weight is 330 g/mol. The number of hydrogen-bond donors (Lipinski definition) is 2. The van der Waals surface area contributed by atoms with E-state index in [9.17, 15) is 13.6 Å². The van der Waals surface area contributed by atoms with E-state index in [-0.39, 0.29) is 18.1 Å². The number of guanidine groups is 1. The number of nitrogens with two attached hydrogens (primary N) is 2. The summed E-state index contributed by atoms with van der Waals surface area (Å²) in [5.41, 5.74) is 13.0. The number of aliphatic imine (C=N–C) groups is 1. The van der Waals surface area contributed by atoms with E-state index in [2.05, 4.69) is 4.99 Å². The summed E-state index contributed by atoms with van der Waals surface area (Å²) >= 11 is 0. The van der Waals surface area contributed by atoms with Crippen molar-refractivity contribution in [1.82, 2.24) is 4.90 Å². The molecule has 3 rings (SSSR count). The second-order valence-electron chi connectivity index (χ2n) is 5.54. The largest absolute Gasteiger partial charge is 0.370 e. The number of rotatable bonds is 1. The number of halogens is 2. The number of nitrogens with zero attached hydrogens (tertiary/aromatic N) is 2. The van der Waals surface area contributed by atoms with Crippen LogP contribution in [-0.2, 0) is 13.0 Å². The van der Waals surface area contributed by atoms with Crippen molar-refractivity contribution in [3.63, 3.8) is 0 Å². The van der Waals surface area contributed by atoms with Crippen LogP contribution in [0.5, 0.6) is 0 Å². The Hall–Kier alpha value is -2.96. The van der Waals surface area contributed by atoms with Crippen LogP contribution >= 0.6 is 0 Å². The van der Waals surface area contributed by atoms with E-state index in [0.717, 1.165) is 17.2 Å². The molecule has 7 heteroatoms. The van der Waals surface area contributed by atoms with Crippen molar-refractivity contribution < 1.29 is 13.6 Å². The summed E-state index contributed by atoms with van der Waals surface area (Å²) in [5.74, 6) is -2.12. The van der Waals surface area contributed by atoms with Crippen LogP contribution in [0.3, 0.4) is 0 Å². The highest BCUT2D eigenvalue weighted by molar-refractivity contribution is 5.90. The molecule has 4 N–H and O–H groups in total. The maximum atomic E-state index is 14.2. The molecule has 0 aromatic heterocycles. The summed E-state index contributed by atoms with van der Waals surface area (Å²) < 4.78 is 27.7. The van der Waals surface area contributed by atoms with E-state index < -0.39 is 17.7 Å². The smallest absolute Gasteiger partial charge is 0.347 e. The lowest BCUT2D eigenvalue weighted by Crippen LogP contribution is -2.36. The normalized spacial score (nSPS) is 13.3. The first kappa shape index (κ1) is 15.9. The second kappa shape index (κ2) is 6.27. The molecule has 5 nitrogen and oxygen atoms in total. The molecule has 0 aliphatic carbocycles. The van der Waals surface area contributed by atoms with Crippen LogP contribution < -0.4 is 11.5 Å². The third-order valence-electron chi connectivity index (χ3n) is 4.01. The van der Waals surface area contributed by atoms with Gasteiger partial charge in [-0.1, -0.05) is 30.3 Å². The summed E-state index contributed by atoms with van der Waals surface area (Å²) in [6.45, 7) is 0.689. The molecular formula is C17H16F2N4O. The minimum atomic E-state index is -0.908. The van der Waals surface area contributed by atoms with Gasteiger partial charge in [-0.3, -0.25) is 0 Å². The third-order valence-corrected chi connectivity index (χ3v) is 4.01. The van der Waals surface area contributed by atoms with Gasteiger partial charge in [0.15, 0.2) is 17.6 Å². The summed E-state index contributed by atoms with van der Waals surface area (Å²) in [7, 11) is 0. The Morgan fingerprint density at radius 3 is 2.54 bits per heavy atom. The fourth-order valence-electron chi connectivity index (χ4n) is 2.89. The zero-order valence-corrected chi connectivity index (χ0v) is 12.8. The Labute approximate surface area is 137 Å². The van der Waals surface area contributed by atoms with E-state index in [4.69, 9.17) is 11.5 Å². The molecule has 0 spiro atoms. The molecule has 2 aromatic carbocycles. The van der Waals surface area contributed by atoms with Gasteiger partial charge in [0.2, 0.25) is 0 Å². The number of hydrogen-bond acceptors (Lipinski definition) is 1. The monoisotopic (exact) mass is 330 g/mol. The number of benzene rings is 2. The van der Waals surface area contributed by atoms with E-state index >= 15 is 0 Å². The molecule has 0 unspecified atom stereocenters. The van der Waals surface area contributed by atoms with Crippen molar-refractivity contribution in [3.8, 4) is 11.1 Å². The predicted octanol–water partition coefficient (Wildman–Crippen LogP) is 2.38. The van der Waals surface area contributed by atoms with Gasteiger partial charge in [0, 0.05) is 18.7 Å². The maximum absolute atomic E-state index is 14.2. The summed E-state index contributed by atoms with van der Waals surface area (Å²) in [6.07, 6.45) is 0.589. The first-order valence-electron chi connectivity index (χ1n) is 7.41. The quantitative estimate of drug-likeness (QED) is 0.622. The van der Waals surface area contributed by atoms with Gasteiger partial charge in [-0.25, -0.2) is 13.6 Å². The van der Waals surface area contributed by atoms with Crippen molar-refractivity contribution in [2.45, 2.75) is 13.0 Å². The summed E-state index contributed by atoms with van der Waals surface area (Å²) in [6, 6.07) is 8.93. The van der Waals surface area contributed by atoms with Crippen molar-refractivity contribution in [1.29, 1.82) is 0 Å². The Balaban J connectivity index is 2.03. The molecule has 24 heavy (non-hydrogen) atoms. The molecule has 1 aliphatic rings. The molecule has 0 fully saturated rings. The first-order chi connectivity index (χ1) is 11.5. The topological polar surface area (TPSA) is 84.7 Å². The Bertz CT molecular complexity index is 831. The zero-order valence-electron chi connectivity index (χ0n) is 12.8. The molecule has 0 atom stereocenters. The van der Waals surface area contributed by atoms with E-state index in [1.165, 1.54) is 17.0 Å². The second-order valence-corrected chi connectivity index (χ2v) is 5.54. The molecule has 0 bridgehead atoms. The maximum Gasteiger partial charge on any atom is 0.347 e. The zero-order chi connectivity index (χ0) is 17.3. The highest BCUT2D eigenvalue weighted by atomic mass is 19.2. The Morgan fingerprint density at radius 2 is 1.79 bits per heavy atom. The molecule has 0 saturated heterocycles. The van der Waals surface area contributed by atoms with Crippen molar-refractivity contribution >= 4 is 12.0 Å². The van der Waals surface area contributed by atoms with Crippen molar-refractivity contribution in [2.24, 2.45) is 16.5 Å². The number of urea groups is 1. The van der Waals surface area contributed by atoms with Crippen molar-refractivity contribution in [2.75, 3.05) is 6.54 Å². The molecule has 1 aliphatic heterocycles. The molecule has 0 radical (unpaired) electrons. The molecule has 0 saturated carbocycles. The van der Waals surface area contributed by atoms with Crippen LogP contribution in [0.2, 0.25) is 0 Å². The number of carbonyl (C=O) groups is 1. The summed E-state index contributed by atoms with van der Waals surface area (Å²) in [5, 5.41) is 0. The Kier molecular flexibility index (Phi) is 4.16. The van der Waals surface area contributed by atoms with Gasteiger partial charge < -0.3 is 16.4 Å². The van der Waals surface area contributed by atoms with E-state index in [0.29, 0.717) is 18.5 Å². The Morgan fingerprint density at radius 1 is 1.08 bits per heavy atom. The van der Waals surface area contributed by atoms with Crippen LogP contribution in [0.4, 0.5) is 13.6 Å². The SMILES string of the molecule is NC(N)=NC(=O)N1CCc2cccc(-c3cccc(F)c3F)c2C1. The fourth-order valence-corrected chi connectivity index (χ4v) is 2.89. The predicted molar refractivity (Wildman–Crippen MR) is 87.1 cm³/mol. The lowest BCUT2D eigenvalue weighted by molar-refractivity contribution is 0.203. The molecule has 1 heterocycles. The number of fused-ring (bicyclic) bond motifs is 1. The average Bonchev–Trinajstić information content (AvgIpc) is 2.56. The van der Waals surface area contributed by atoms with Gasteiger partial charge >= 0.3 is 6.03 Å². The first-order valence-corrected chi connectivity index (χ1v) is 7.41. The van der Waals surface area contributed by atoms with Gasteiger partial charge in [-0.2, -0.15) is 4.99 Å². The van der Waals surface area contributed by atoms with E-state index in [1.54, 1.807) is 12.1 Å². The minimum absolute atomic E-state index is 0.169. The lowest BCUT2D eigenvalue weighted by atomic mass is 9.91. The highest BCUT2D eigenvalue weighted by Crippen LogP contribution is 2.32. The highest BCUT2D eigenvalue weighted by Gasteiger charge is 2.24. The molecule has 2 amide bonds. The number of carbonyl (C=O) groups excluding carboxylic acids is 1. The van der Waals surface area contributed by atoms with Crippen molar-refractivity contribution in [3.05, 3.63) is 59.2 Å². The van der Waals surface area contributed by atoms with Crippen LogP contribution in [0.25, 0.3) is 11.1 Å². The van der Waals surface area contributed by atoms with Crippen LogP contribution in [-0.4, -0.2) is 23.4 Å². The molecular weight excluding hydrogens is 314 g/mol. The van der Waals surface area contributed by atoms with Gasteiger partial charge in [-0.15, -0.1) is 0 Å². The third kappa shape index (κ3) is 2.92. The van der Waals surface area contributed by atoms with Crippen LogP contribution in [0.1, 0.15) is 11.1 Å². The molecule has 2 aromatic rings. The van der Waals surface area contributed by atoms with Gasteiger partial charge in [0.25, 0.3) is 0 Å². The van der Waals surface area contributed by atoms with Gasteiger partial charge in [0.05, 0.1) is 0 Å². The summed E-state index contributed by atoms with van der Waals surface area (Å²) in [4.78, 5) is 17.0. The van der Waals surface area contributed by atoms with Gasteiger partial charge in [-0.05, 0) is 29.2 Å². The number of amides is 2. The standard InChI is InChI=1S/C17H16F2N4O/c18-14-6-2-5-12(15(14)19)11-4-1-3-10-7-8-23(9-13(10)11)17(24)22-16(20)21/h1-6H,7-9H2,(H4,20,21,22,24). The van der Waals surface area contributed by atoms with E-state index in [1.807, 2.05) is 6.07 Å². The van der Waals surface area contributed by atoms with Crippen LogP contribution in [0, 0.1) is 11.6 Å². The molecule has 124 valence electrons.